The lowest BCUT2D eigenvalue weighted by Crippen LogP contribution is -2.32. The number of ketones is 1. The summed E-state index contributed by atoms with van der Waals surface area (Å²) in [6, 6.07) is 7.14. The fourth-order valence-electron chi connectivity index (χ4n) is 2.60. The predicted molar refractivity (Wildman–Crippen MR) is 102 cm³/mol. The van der Waals surface area contributed by atoms with Crippen LogP contribution in [0.2, 0.25) is 0 Å². The molecule has 1 aromatic carbocycles. The van der Waals surface area contributed by atoms with Crippen LogP contribution in [0.4, 0.5) is 0 Å². The molecule has 8 nitrogen and oxygen atoms in total. The summed E-state index contributed by atoms with van der Waals surface area (Å²) in [5.41, 5.74) is 1.75. The number of nitrogens with one attached hydrogen (secondary N) is 1. The Morgan fingerprint density at radius 2 is 1.86 bits per heavy atom. The highest BCUT2D eigenvalue weighted by Crippen LogP contribution is 2.19. The summed E-state index contributed by atoms with van der Waals surface area (Å²) in [7, 11) is -3.97. The molecular formula is C19H24N2O6S. The summed E-state index contributed by atoms with van der Waals surface area (Å²) in [5, 5.41) is 3.57. The van der Waals surface area contributed by atoms with Gasteiger partial charge in [0.2, 0.25) is 10.0 Å². The maximum absolute atomic E-state index is 12.2. The molecule has 0 spiro atoms. The molecule has 1 aromatic heterocycles. The molecule has 0 aliphatic heterocycles. The summed E-state index contributed by atoms with van der Waals surface area (Å²) in [6.45, 7) is 6.05. The van der Waals surface area contributed by atoms with Crippen LogP contribution in [0.3, 0.4) is 0 Å². The fraction of sp³-hybridized carbons (Fsp3) is 0.421. The number of aryl methyl sites for hydroxylation is 2. The van der Waals surface area contributed by atoms with Gasteiger partial charge in [0.1, 0.15) is 17.1 Å². The van der Waals surface area contributed by atoms with Crippen LogP contribution < -0.4 is 4.72 Å². The van der Waals surface area contributed by atoms with Crippen molar-refractivity contribution in [3.05, 3.63) is 46.8 Å². The lowest BCUT2D eigenvalue weighted by molar-refractivity contribution is -0.141. The second kappa shape index (κ2) is 9.11. The molecule has 0 fully saturated rings. The van der Waals surface area contributed by atoms with E-state index in [1.54, 1.807) is 12.1 Å². The quantitative estimate of drug-likeness (QED) is 0.500. The second-order valence-electron chi connectivity index (χ2n) is 6.49. The number of hydrogen-bond acceptors (Lipinski definition) is 7. The third kappa shape index (κ3) is 5.26. The van der Waals surface area contributed by atoms with Gasteiger partial charge in [-0.2, -0.15) is 4.72 Å². The third-order valence-electron chi connectivity index (χ3n) is 4.42. The smallest absolute Gasteiger partial charge is 0.321 e. The monoisotopic (exact) mass is 408 g/mol. The Labute approximate surface area is 164 Å². The van der Waals surface area contributed by atoms with Crippen LogP contribution >= 0.6 is 0 Å². The van der Waals surface area contributed by atoms with Crippen LogP contribution in [0.1, 0.15) is 53.6 Å². The van der Waals surface area contributed by atoms with Crippen molar-refractivity contribution in [2.45, 2.75) is 44.9 Å². The van der Waals surface area contributed by atoms with Crippen LogP contribution in [0.15, 0.2) is 33.7 Å². The highest BCUT2D eigenvalue weighted by molar-refractivity contribution is 7.89. The second-order valence-corrected chi connectivity index (χ2v) is 8.20. The molecule has 0 bridgehead atoms. The topological polar surface area (TPSA) is 116 Å². The van der Waals surface area contributed by atoms with Gasteiger partial charge in [-0.05, 0) is 31.7 Å². The van der Waals surface area contributed by atoms with Crippen molar-refractivity contribution in [2.75, 3.05) is 13.2 Å². The minimum Gasteiger partial charge on any atom is -0.456 e. The van der Waals surface area contributed by atoms with Gasteiger partial charge >= 0.3 is 5.97 Å². The molecule has 1 N–H and O–H groups in total. The van der Waals surface area contributed by atoms with E-state index < -0.39 is 29.1 Å². The number of aromatic nitrogens is 1. The zero-order valence-corrected chi connectivity index (χ0v) is 17.1. The van der Waals surface area contributed by atoms with Crippen molar-refractivity contribution in [2.24, 2.45) is 0 Å². The molecule has 28 heavy (non-hydrogen) atoms. The van der Waals surface area contributed by atoms with E-state index in [9.17, 15) is 18.0 Å². The first-order chi connectivity index (χ1) is 13.2. The van der Waals surface area contributed by atoms with Crippen LogP contribution in [-0.2, 0) is 19.6 Å². The van der Waals surface area contributed by atoms with Gasteiger partial charge in [-0.3, -0.25) is 9.59 Å². The zero-order valence-electron chi connectivity index (χ0n) is 16.3. The number of carbonyl (C=O) groups is 2. The number of ether oxygens (including phenoxy) is 1. The summed E-state index contributed by atoms with van der Waals surface area (Å²) in [6.07, 6.45) is 0.995. The molecule has 152 valence electrons. The first kappa shape index (κ1) is 21.8. The molecule has 0 saturated heterocycles. The van der Waals surface area contributed by atoms with E-state index in [2.05, 4.69) is 23.7 Å². The molecular weight excluding hydrogens is 384 g/mol. The normalized spacial score (nSPS) is 12.6. The van der Waals surface area contributed by atoms with Crippen LogP contribution in [0, 0.1) is 13.8 Å². The largest absolute Gasteiger partial charge is 0.456 e. The minimum atomic E-state index is -3.97. The summed E-state index contributed by atoms with van der Waals surface area (Å²) < 4.78 is 36.3. The molecule has 0 aliphatic rings. The average Bonchev–Trinajstić information content (AvgIpc) is 3.03. The Balaban J connectivity index is 1.87. The number of Topliss-reactive ketones (excluding diaryl/α,β-unsaturated/α-hetero) is 1. The lowest BCUT2D eigenvalue weighted by atomic mass is 9.97. The molecule has 0 aliphatic carbocycles. The van der Waals surface area contributed by atoms with Gasteiger partial charge in [0, 0.05) is 5.56 Å². The number of sulfonamides is 1. The minimum absolute atomic E-state index is 0.113. The number of rotatable bonds is 9. The lowest BCUT2D eigenvalue weighted by Gasteiger charge is -2.10. The Morgan fingerprint density at radius 3 is 2.39 bits per heavy atom. The third-order valence-corrected chi connectivity index (χ3v) is 6.07. The number of carbonyl (C=O) groups excluding carboxylic acids is 2. The Morgan fingerprint density at radius 1 is 1.21 bits per heavy atom. The molecule has 0 unspecified atom stereocenters. The van der Waals surface area contributed by atoms with Gasteiger partial charge < -0.3 is 9.26 Å². The molecule has 9 heteroatoms. The van der Waals surface area contributed by atoms with E-state index >= 15 is 0 Å². The van der Waals surface area contributed by atoms with Gasteiger partial charge in [0.15, 0.2) is 18.2 Å². The Bertz CT molecular complexity index is 928. The molecule has 0 radical (unpaired) electrons. The van der Waals surface area contributed by atoms with Gasteiger partial charge in [-0.15, -0.1) is 0 Å². The summed E-state index contributed by atoms with van der Waals surface area (Å²) in [4.78, 5) is 23.8. The van der Waals surface area contributed by atoms with E-state index in [-0.39, 0.29) is 22.1 Å². The Kier molecular flexibility index (Phi) is 7.09. The fourth-order valence-corrected chi connectivity index (χ4v) is 3.89. The molecule has 1 atom stereocenters. The van der Waals surface area contributed by atoms with Crippen LogP contribution in [0.25, 0.3) is 0 Å². The first-order valence-corrected chi connectivity index (χ1v) is 10.3. The zero-order chi connectivity index (χ0) is 20.9. The first-order valence-electron chi connectivity index (χ1n) is 8.87. The molecule has 1 heterocycles. The van der Waals surface area contributed by atoms with Crippen LogP contribution in [-0.4, -0.2) is 38.5 Å². The number of nitrogens with zero attached hydrogens (tertiary/aromatic N) is 1. The van der Waals surface area contributed by atoms with Gasteiger partial charge in [0.05, 0.1) is 0 Å². The molecule has 0 saturated carbocycles. The van der Waals surface area contributed by atoms with E-state index in [0.29, 0.717) is 11.5 Å². The maximum Gasteiger partial charge on any atom is 0.321 e. The Hall–Kier alpha value is -2.52. The summed E-state index contributed by atoms with van der Waals surface area (Å²) in [5.74, 6) is -0.709. The summed E-state index contributed by atoms with van der Waals surface area (Å²) >= 11 is 0. The van der Waals surface area contributed by atoms with Crippen molar-refractivity contribution in [3.63, 3.8) is 0 Å². The number of benzene rings is 1. The van der Waals surface area contributed by atoms with Crippen molar-refractivity contribution in [1.29, 1.82) is 0 Å². The van der Waals surface area contributed by atoms with Crippen LogP contribution in [0.5, 0.6) is 0 Å². The SMILES string of the molecule is CC[C@@H](C)c1ccc(C(=O)COC(=O)CNS(=O)(=O)c2c(C)noc2C)cc1. The molecule has 0 amide bonds. The van der Waals surface area contributed by atoms with Crippen molar-refractivity contribution >= 4 is 21.8 Å². The van der Waals surface area contributed by atoms with Gasteiger partial charge in [0.25, 0.3) is 0 Å². The molecule has 2 aromatic rings. The highest BCUT2D eigenvalue weighted by Gasteiger charge is 2.25. The van der Waals surface area contributed by atoms with Gasteiger partial charge in [-0.1, -0.05) is 43.3 Å². The van der Waals surface area contributed by atoms with Crippen molar-refractivity contribution in [3.8, 4) is 0 Å². The standard InChI is InChI=1S/C19H24N2O6S/c1-5-12(2)15-6-8-16(9-7-15)17(22)11-26-18(23)10-20-28(24,25)19-13(3)21-27-14(19)4/h6-9,12,20H,5,10-11H2,1-4H3/t12-/m1/s1. The van der Waals surface area contributed by atoms with E-state index in [0.717, 1.165) is 12.0 Å². The van der Waals surface area contributed by atoms with E-state index in [1.807, 2.05) is 12.1 Å². The highest BCUT2D eigenvalue weighted by atomic mass is 32.2. The number of esters is 1. The van der Waals surface area contributed by atoms with Crippen molar-refractivity contribution < 1.29 is 27.3 Å². The van der Waals surface area contributed by atoms with E-state index in [1.165, 1.54) is 13.8 Å². The maximum atomic E-state index is 12.2. The van der Waals surface area contributed by atoms with E-state index in [4.69, 9.17) is 9.26 Å². The molecule has 2 rings (SSSR count). The number of hydrogen-bond donors (Lipinski definition) is 1. The predicted octanol–water partition coefficient (Wildman–Crippen LogP) is 2.51. The van der Waals surface area contributed by atoms with Crippen molar-refractivity contribution in [1.82, 2.24) is 9.88 Å². The average molecular weight is 408 g/mol. The van der Waals surface area contributed by atoms with Gasteiger partial charge in [-0.25, -0.2) is 8.42 Å².